The highest BCUT2D eigenvalue weighted by molar-refractivity contribution is 7.92. The number of aromatic nitrogens is 3. The summed E-state index contributed by atoms with van der Waals surface area (Å²) in [4.78, 5) is 22.4. The zero-order valence-electron chi connectivity index (χ0n) is 21.3. The van der Waals surface area contributed by atoms with E-state index in [0.717, 1.165) is 37.1 Å². The number of carbonyl (C=O) groups is 1. The summed E-state index contributed by atoms with van der Waals surface area (Å²) in [5.41, 5.74) is 8.63. The van der Waals surface area contributed by atoms with Gasteiger partial charge in [-0.15, -0.1) is 0 Å². The molecule has 1 aromatic carbocycles. The number of anilines is 2. The fraction of sp³-hybridized carbons (Fsp3) is 0.458. The van der Waals surface area contributed by atoms with E-state index >= 15 is 0 Å². The molecule has 1 saturated heterocycles. The van der Waals surface area contributed by atoms with E-state index in [1.54, 1.807) is 16.5 Å². The Balaban J connectivity index is 1.69. The SMILES string of the molecule is COCCN(C(=O)c1cc(Cl)ccc1NS(C)(=O)=O)[C@@H](C)c1cc2nc(N3CC[C@H](N)C3)c(C)cn2n1. The second-order valence-corrected chi connectivity index (χ2v) is 11.5. The molecule has 4 rings (SSSR count). The highest BCUT2D eigenvalue weighted by atomic mass is 35.5. The molecule has 2 aromatic heterocycles. The average molecular weight is 550 g/mol. The van der Waals surface area contributed by atoms with Crippen LogP contribution in [0.15, 0.2) is 30.5 Å². The summed E-state index contributed by atoms with van der Waals surface area (Å²) >= 11 is 6.18. The minimum Gasteiger partial charge on any atom is -0.383 e. The van der Waals surface area contributed by atoms with Gasteiger partial charge in [-0.3, -0.25) is 9.52 Å². The number of halogens is 1. The van der Waals surface area contributed by atoms with Gasteiger partial charge in [0.2, 0.25) is 10.0 Å². The molecule has 0 unspecified atom stereocenters. The molecule has 3 aromatic rings. The van der Waals surface area contributed by atoms with Crippen LogP contribution in [-0.4, -0.2) is 79.5 Å². The van der Waals surface area contributed by atoms with Crippen molar-refractivity contribution in [2.24, 2.45) is 5.73 Å². The van der Waals surface area contributed by atoms with Crippen LogP contribution in [0.2, 0.25) is 5.02 Å². The largest absolute Gasteiger partial charge is 0.383 e. The van der Waals surface area contributed by atoms with E-state index in [4.69, 9.17) is 32.2 Å². The number of fused-ring (bicyclic) bond motifs is 1. The van der Waals surface area contributed by atoms with Gasteiger partial charge in [0.05, 0.1) is 35.8 Å². The Labute approximate surface area is 221 Å². The smallest absolute Gasteiger partial charge is 0.256 e. The predicted molar refractivity (Wildman–Crippen MR) is 144 cm³/mol. The van der Waals surface area contributed by atoms with Crippen LogP contribution >= 0.6 is 11.6 Å². The topological polar surface area (TPSA) is 135 Å². The lowest BCUT2D eigenvalue weighted by Crippen LogP contribution is -2.37. The van der Waals surface area contributed by atoms with E-state index in [9.17, 15) is 13.2 Å². The van der Waals surface area contributed by atoms with Crippen molar-refractivity contribution in [2.75, 3.05) is 49.2 Å². The summed E-state index contributed by atoms with van der Waals surface area (Å²) in [6, 6.07) is 5.95. The lowest BCUT2D eigenvalue weighted by atomic mass is 10.1. The average Bonchev–Trinajstić information content (AvgIpc) is 3.44. The van der Waals surface area contributed by atoms with Crippen molar-refractivity contribution in [1.82, 2.24) is 19.5 Å². The Morgan fingerprint density at radius 2 is 2.14 bits per heavy atom. The summed E-state index contributed by atoms with van der Waals surface area (Å²) in [5, 5.41) is 5.01. The fourth-order valence-corrected chi connectivity index (χ4v) is 5.23. The molecule has 0 bridgehead atoms. The lowest BCUT2D eigenvalue weighted by molar-refractivity contribution is 0.0613. The molecule has 0 spiro atoms. The molecule has 200 valence electrons. The maximum absolute atomic E-state index is 13.8. The maximum atomic E-state index is 13.8. The van der Waals surface area contributed by atoms with Crippen molar-refractivity contribution in [2.45, 2.75) is 32.4 Å². The number of ether oxygens (including phenoxy) is 1. The van der Waals surface area contributed by atoms with Crippen molar-refractivity contribution in [1.29, 1.82) is 0 Å². The number of sulfonamides is 1. The first-order chi connectivity index (χ1) is 17.5. The molecule has 0 aliphatic carbocycles. The van der Waals surface area contributed by atoms with Crippen LogP contribution in [-0.2, 0) is 14.8 Å². The van der Waals surface area contributed by atoms with E-state index in [1.807, 2.05) is 26.1 Å². The molecule has 2 atom stereocenters. The van der Waals surface area contributed by atoms with Gasteiger partial charge in [-0.25, -0.2) is 17.9 Å². The number of nitrogens with zero attached hydrogens (tertiary/aromatic N) is 5. The minimum atomic E-state index is -3.62. The van der Waals surface area contributed by atoms with E-state index in [1.165, 1.54) is 18.2 Å². The summed E-state index contributed by atoms with van der Waals surface area (Å²) in [6.45, 7) is 5.97. The van der Waals surface area contributed by atoms with Gasteiger partial charge in [0.1, 0.15) is 5.82 Å². The van der Waals surface area contributed by atoms with Gasteiger partial charge < -0.3 is 20.3 Å². The van der Waals surface area contributed by atoms with Gasteiger partial charge in [-0.05, 0) is 38.5 Å². The molecule has 1 amide bonds. The highest BCUT2D eigenvalue weighted by Crippen LogP contribution is 2.29. The number of amides is 1. The van der Waals surface area contributed by atoms with E-state index in [0.29, 0.717) is 16.4 Å². The van der Waals surface area contributed by atoms with Crippen LogP contribution in [0.25, 0.3) is 5.65 Å². The molecule has 1 fully saturated rings. The molecule has 3 N–H and O–H groups in total. The number of rotatable bonds is 9. The van der Waals surface area contributed by atoms with Gasteiger partial charge in [0, 0.05) is 55.6 Å². The first kappa shape index (κ1) is 27.1. The second kappa shape index (κ2) is 10.8. The summed E-state index contributed by atoms with van der Waals surface area (Å²) in [7, 11) is -2.07. The Morgan fingerprint density at radius 3 is 2.78 bits per heavy atom. The quantitative estimate of drug-likeness (QED) is 0.415. The highest BCUT2D eigenvalue weighted by Gasteiger charge is 2.28. The maximum Gasteiger partial charge on any atom is 0.256 e. The molecule has 1 aliphatic rings. The molecule has 0 radical (unpaired) electrons. The first-order valence-electron chi connectivity index (χ1n) is 11.9. The van der Waals surface area contributed by atoms with Crippen molar-refractivity contribution in [3.05, 3.63) is 52.3 Å². The van der Waals surface area contributed by atoms with E-state index in [-0.39, 0.29) is 30.4 Å². The van der Waals surface area contributed by atoms with Crippen LogP contribution < -0.4 is 15.4 Å². The van der Waals surface area contributed by atoms with Crippen LogP contribution in [0.3, 0.4) is 0 Å². The third kappa shape index (κ3) is 6.15. The van der Waals surface area contributed by atoms with Crippen LogP contribution in [0.1, 0.15) is 41.0 Å². The van der Waals surface area contributed by atoms with Crippen molar-refractivity contribution >= 4 is 44.7 Å². The monoisotopic (exact) mass is 549 g/mol. The van der Waals surface area contributed by atoms with Gasteiger partial charge >= 0.3 is 0 Å². The molecular weight excluding hydrogens is 518 g/mol. The number of hydrogen-bond acceptors (Lipinski definition) is 8. The molecule has 3 heterocycles. The molecule has 1 aliphatic heterocycles. The van der Waals surface area contributed by atoms with Gasteiger partial charge in [0.15, 0.2) is 5.65 Å². The molecular formula is C24H32ClN7O4S. The first-order valence-corrected chi connectivity index (χ1v) is 14.2. The van der Waals surface area contributed by atoms with Gasteiger partial charge in [-0.1, -0.05) is 11.6 Å². The van der Waals surface area contributed by atoms with Crippen LogP contribution in [0, 0.1) is 6.92 Å². The normalized spacial score (nSPS) is 16.8. The molecule has 13 heteroatoms. The number of hydrogen-bond donors (Lipinski definition) is 2. The fourth-order valence-electron chi connectivity index (χ4n) is 4.48. The zero-order valence-corrected chi connectivity index (χ0v) is 22.9. The Kier molecular flexibility index (Phi) is 7.93. The zero-order chi connectivity index (χ0) is 26.9. The number of aryl methyl sites for hydroxylation is 1. The lowest BCUT2D eigenvalue weighted by Gasteiger charge is -2.29. The summed E-state index contributed by atoms with van der Waals surface area (Å²) < 4.78 is 33.2. The van der Waals surface area contributed by atoms with E-state index in [2.05, 4.69) is 9.62 Å². The third-order valence-electron chi connectivity index (χ3n) is 6.35. The summed E-state index contributed by atoms with van der Waals surface area (Å²) in [6.07, 6.45) is 3.87. The molecule has 0 saturated carbocycles. The van der Waals surface area contributed by atoms with Crippen molar-refractivity contribution < 1.29 is 17.9 Å². The number of carbonyl (C=O) groups excluding carboxylic acids is 1. The van der Waals surface area contributed by atoms with Gasteiger partial charge in [-0.2, -0.15) is 5.10 Å². The minimum absolute atomic E-state index is 0.131. The van der Waals surface area contributed by atoms with Crippen LogP contribution in [0.5, 0.6) is 0 Å². The van der Waals surface area contributed by atoms with Crippen LogP contribution in [0.4, 0.5) is 11.5 Å². The summed E-state index contributed by atoms with van der Waals surface area (Å²) in [5.74, 6) is 0.466. The Bertz CT molecular complexity index is 1410. The van der Waals surface area contributed by atoms with E-state index < -0.39 is 22.0 Å². The number of methoxy groups -OCH3 is 1. The standard InChI is InChI=1S/C24H32ClN7O4S/c1-15-13-32-22(27-23(15)30-8-7-18(26)14-30)12-21(28-32)16(2)31(9-10-36-3)24(33)19-11-17(25)5-6-20(19)29-37(4,34)35/h5-6,11-13,16,18,29H,7-10,14,26H2,1-4H3/t16-,18-/m0/s1. The predicted octanol–water partition coefficient (Wildman–Crippen LogP) is 2.45. The molecule has 11 nitrogen and oxygen atoms in total. The third-order valence-corrected chi connectivity index (χ3v) is 7.17. The number of nitrogens with two attached hydrogens (primary N) is 1. The van der Waals surface area contributed by atoms with Crippen molar-refractivity contribution in [3.63, 3.8) is 0 Å². The van der Waals surface area contributed by atoms with Crippen molar-refractivity contribution in [3.8, 4) is 0 Å². The Morgan fingerprint density at radius 1 is 1.38 bits per heavy atom. The van der Waals surface area contributed by atoms with Gasteiger partial charge in [0.25, 0.3) is 5.91 Å². The molecule has 37 heavy (non-hydrogen) atoms. The Hall–Kier alpha value is -2.93. The number of nitrogens with one attached hydrogen (secondary N) is 1. The second-order valence-electron chi connectivity index (χ2n) is 9.35. The number of benzene rings is 1.